The number of aromatic hydroxyl groups is 1. The molecule has 0 aliphatic rings. The van der Waals surface area contributed by atoms with Crippen molar-refractivity contribution in [3.8, 4) is 17.6 Å². The number of phenols is 1. The molecular weight excluding hydrogens is 396 g/mol. The van der Waals surface area contributed by atoms with Crippen LogP contribution in [0.15, 0.2) is 40.4 Å². The highest BCUT2D eigenvalue weighted by molar-refractivity contribution is 9.10. The molecule has 134 valence electrons. The van der Waals surface area contributed by atoms with Gasteiger partial charge in [-0.2, -0.15) is 5.26 Å². The molecule has 0 atom stereocenters. The normalized spacial score (nSPS) is 11.0. The number of hydrogen-bond donors (Lipinski definition) is 2. The summed E-state index contributed by atoms with van der Waals surface area (Å²) in [5.74, 6) is -0.244. The van der Waals surface area contributed by atoms with E-state index in [0.29, 0.717) is 22.3 Å². The summed E-state index contributed by atoms with van der Waals surface area (Å²) in [6, 6.07) is 10.7. The minimum absolute atomic E-state index is 0.0256. The van der Waals surface area contributed by atoms with Crippen molar-refractivity contribution in [1.82, 2.24) is 0 Å². The maximum Gasteiger partial charge on any atom is 0.266 e. The van der Waals surface area contributed by atoms with Crippen molar-refractivity contribution in [3.63, 3.8) is 0 Å². The number of phenolic OH excluding ortho intramolecular Hbond substituents is 1. The number of halogens is 1. The Morgan fingerprint density at radius 1 is 1.38 bits per heavy atom. The molecule has 0 aromatic heterocycles. The number of carbonyl (C=O) groups excluding carboxylic acids is 1. The Morgan fingerprint density at radius 3 is 2.77 bits per heavy atom. The van der Waals surface area contributed by atoms with Crippen LogP contribution in [0.2, 0.25) is 0 Å². The molecular formula is C20H19BrN2O3. The fourth-order valence-electron chi connectivity index (χ4n) is 2.33. The largest absolute Gasteiger partial charge is 0.503 e. The van der Waals surface area contributed by atoms with Crippen LogP contribution in [0.4, 0.5) is 5.69 Å². The molecule has 26 heavy (non-hydrogen) atoms. The molecule has 1 amide bonds. The number of benzene rings is 2. The summed E-state index contributed by atoms with van der Waals surface area (Å²) in [5, 5.41) is 22.1. The SMILES string of the molecule is CCOc1cc(/C=C(/C#N)C(=O)Nc2cccc(C)c2C)cc(Br)c1O. The quantitative estimate of drug-likeness (QED) is 0.547. The first kappa shape index (κ1) is 19.5. The smallest absolute Gasteiger partial charge is 0.266 e. The van der Waals surface area contributed by atoms with Crippen LogP contribution in [-0.4, -0.2) is 17.6 Å². The van der Waals surface area contributed by atoms with Crippen LogP contribution >= 0.6 is 15.9 Å². The summed E-state index contributed by atoms with van der Waals surface area (Å²) in [5.41, 5.74) is 3.17. The van der Waals surface area contributed by atoms with Crippen molar-refractivity contribution < 1.29 is 14.6 Å². The first-order chi connectivity index (χ1) is 12.4. The number of hydrogen-bond acceptors (Lipinski definition) is 4. The third-order valence-electron chi connectivity index (χ3n) is 3.88. The van der Waals surface area contributed by atoms with Crippen LogP contribution in [0.3, 0.4) is 0 Å². The van der Waals surface area contributed by atoms with Gasteiger partial charge in [-0.25, -0.2) is 0 Å². The summed E-state index contributed by atoms with van der Waals surface area (Å²) >= 11 is 3.24. The van der Waals surface area contributed by atoms with Crippen LogP contribution in [0.25, 0.3) is 6.08 Å². The average molecular weight is 415 g/mol. The molecule has 2 N–H and O–H groups in total. The third-order valence-corrected chi connectivity index (χ3v) is 4.48. The van der Waals surface area contributed by atoms with E-state index in [1.807, 2.05) is 32.0 Å². The second-order valence-electron chi connectivity index (χ2n) is 5.65. The van der Waals surface area contributed by atoms with Gasteiger partial charge in [0.1, 0.15) is 11.6 Å². The summed E-state index contributed by atoms with van der Waals surface area (Å²) in [6.07, 6.45) is 1.45. The maximum absolute atomic E-state index is 12.5. The number of anilines is 1. The molecule has 0 saturated carbocycles. The van der Waals surface area contributed by atoms with E-state index in [2.05, 4.69) is 21.2 Å². The van der Waals surface area contributed by atoms with E-state index in [4.69, 9.17) is 4.74 Å². The van der Waals surface area contributed by atoms with Crippen LogP contribution in [0.5, 0.6) is 11.5 Å². The molecule has 0 unspecified atom stereocenters. The zero-order chi connectivity index (χ0) is 19.3. The number of rotatable bonds is 5. The van der Waals surface area contributed by atoms with E-state index < -0.39 is 5.91 Å². The molecule has 0 heterocycles. The summed E-state index contributed by atoms with van der Waals surface area (Å²) in [6.45, 7) is 6.04. The number of ether oxygens (including phenoxy) is 1. The van der Waals surface area contributed by atoms with Gasteiger partial charge in [0.05, 0.1) is 11.1 Å². The van der Waals surface area contributed by atoms with Gasteiger partial charge in [-0.15, -0.1) is 0 Å². The van der Waals surface area contributed by atoms with Gasteiger partial charge in [-0.3, -0.25) is 4.79 Å². The van der Waals surface area contributed by atoms with Crippen LogP contribution in [0.1, 0.15) is 23.6 Å². The highest BCUT2D eigenvalue weighted by atomic mass is 79.9. The van der Waals surface area contributed by atoms with E-state index in [1.54, 1.807) is 25.1 Å². The summed E-state index contributed by atoms with van der Waals surface area (Å²) in [4.78, 5) is 12.5. The Hall–Kier alpha value is -2.78. The molecule has 0 aliphatic heterocycles. The lowest BCUT2D eigenvalue weighted by atomic mass is 10.1. The van der Waals surface area contributed by atoms with Gasteiger partial charge in [-0.1, -0.05) is 12.1 Å². The zero-order valence-electron chi connectivity index (χ0n) is 14.8. The first-order valence-electron chi connectivity index (χ1n) is 8.02. The predicted octanol–water partition coefficient (Wildman–Crippen LogP) is 4.72. The van der Waals surface area contributed by atoms with Crippen LogP contribution in [-0.2, 0) is 4.79 Å². The van der Waals surface area contributed by atoms with Crippen LogP contribution in [0, 0.1) is 25.2 Å². The van der Waals surface area contributed by atoms with E-state index in [1.165, 1.54) is 6.08 Å². The standard InChI is InChI=1S/C20H19BrN2O3/c1-4-26-18-10-14(9-16(21)19(18)24)8-15(11-22)20(25)23-17-7-5-6-12(2)13(17)3/h5-10,24H,4H2,1-3H3,(H,23,25)/b15-8-. The maximum atomic E-state index is 12.5. The number of nitrogens with one attached hydrogen (secondary N) is 1. The van der Waals surface area contributed by atoms with Crippen LogP contribution < -0.4 is 10.1 Å². The monoisotopic (exact) mass is 414 g/mol. The molecule has 2 rings (SSSR count). The minimum Gasteiger partial charge on any atom is -0.503 e. The first-order valence-corrected chi connectivity index (χ1v) is 8.81. The van der Waals surface area contributed by atoms with Crippen molar-refractivity contribution in [3.05, 3.63) is 57.1 Å². The third kappa shape index (κ3) is 4.44. The van der Waals surface area contributed by atoms with Crippen molar-refractivity contribution in [2.24, 2.45) is 0 Å². The lowest BCUT2D eigenvalue weighted by Gasteiger charge is -2.11. The Kier molecular flexibility index (Phi) is 6.42. The number of amides is 1. The molecule has 0 fully saturated rings. The van der Waals surface area contributed by atoms with Crippen molar-refractivity contribution in [2.75, 3.05) is 11.9 Å². The number of nitrogens with zero attached hydrogens (tertiary/aromatic N) is 1. The number of nitriles is 1. The van der Waals surface area contributed by atoms with Gasteiger partial charge in [0.25, 0.3) is 5.91 Å². The summed E-state index contributed by atoms with van der Waals surface area (Å²) < 4.78 is 5.78. The van der Waals surface area contributed by atoms with Gasteiger partial charge in [0.15, 0.2) is 11.5 Å². The molecule has 0 spiro atoms. The fraction of sp³-hybridized carbons (Fsp3) is 0.200. The average Bonchev–Trinajstić information content (AvgIpc) is 2.61. The van der Waals surface area contributed by atoms with Gasteiger partial charge >= 0.3 is 0 Å². The number of carbonyl (C=O) groups is 1. The molecule has 5 nitrogen and oxygen atoms in total. The lowest BCUT2D eigenvalue weighted by Crippen LogP contribution is -2.14. The topological polar surface area (TPSA) is 82.3 Å². The molecule has 0 aliphatic carbocycles. The van der Waals surface area contributed by atoms with Crippen molar-refractivity contribution in [1.29, 1.82) is 5.26 Å². The van der Waals surface area contributed by atoms with Gasteiger partial charge < -0.3 is 15.2 Å². The molecule has 2 aromatic carbocycles. The predicted molar refractivity (Wildman–Crippen MR) is 105 cm³/mol. The molecule has 0 radical (unpaired) electrons. The zero-order valence-corrected chi connectivity index (χ0v) is 16.3. The summed E-state index contributed by atoms with van der Waals surface area (Å²) in [7, 11) is 0. The van der Waals surface area contributed by atoms with Gasteiger partial charge in [-0.05, 0) is 77.7 Å². The van der Waals surface area contributed by atoms with Gasteiger partial charge in [0, 0.05) is 5.69 Å². The minimum atomic E-state index is -0.497. The highest BCUT2D eigenvalue weighted by Crippen LogP contribution is 2.36. The number of aryl methyl sites for hydroxylation is 1. The highest BCUT2D eigenvalue weighted by Gasteiger charge is 2.13. The Bertz CT molecular complexity index is 914. The fourth-order valence-corrected chi connectivity index (χ4v) is 2.79. The molecule has 2 aromatic rings. The van der Waals surface area contributed by atoms with E-state index in [9.17, 15) is 15.2 Å². The van der Waals surface area contributed by atoms with Crippen molar-refractivity contribution in [2.45, 2.75) is 20.8 Å². The van der Waals surface area contributed by atoms with Crippen molar-refractivity contribution >= 4 is 33.6 Å². The molecule has 6 heteroatoms. The Labute approximate surface area is 161 Å². The Balaban J connectivity index is 2.34. The van der Waals surface area contributed by atoms with E-state index in [-0.39, 0.29) is 17.1 Å². The van der Waals surface area contributed by atoms with Gasteiger partial charge in [0.2, 0.25) is 0 Å². The Morgan fingerprint density at radius 2 is 2.12 bits per heavy atom. The molecule has 0 bridgehead atoms. The molecule has 0 saturated heterocycles. The second kappa shape index (κ2) is 8.54. The second-order valence-corrected chi connectivity index (χ2v) is 6.51. The van der Waals surface area contributed by atoms with E-state index >= 15 is 0 Å². The van der Waals surface area contributed by atoms with E-state index in [0.717, 1.165) is 11.1 Å². The lowest BCUT2D eigenvalue weighted by molar-refractivity contribution is -0.112.